The van der Waals surface area contributed by atoms with Gasteiger partial charge < -0.3 is 20.1 Å². The number of nitrogens with one attached hydrogen (secondary N) is 1. The molecular weight excluding hydrogens is 472 g/mol. The third-order valence-corrected chi connectivity index (χ3v) is 7.47. The molecule has 3 aliphatic rings. The Kier molecular flexibility index (Phi) is 5.60. The number of benzene rings is 2. The van der Waals surface area contributed by atoms with Crippen LogP contribution in [0.1, 0.15) is 53.1 Å². The minimum atomic E-state index is -1.20. The summed E-state index contributed by atoms with van der Waals surface area (Å²) in [5.41, 5.74) is 0.970. The van der Waals surface area contributed by atoms with Crippen molar-refractivity contribution in [1.29, 1.82) is 0 Å². The number of carbonyl (C=O) groups is 2. The lowest BCUT2D eigenvalue weighted by Gasteiger charge is -2.51. The van der Waals surface area contributed by atoms with E-state index in [1.807, 2.05) is 36.4 Å². The smallest absolute Gasteiger partial charge is 0.255 e. The highest BCUT2D eigenvalue weighted by Crippen LogP contribution is 2.40. The summed E-state index contributed by atoms with van der Waals surface area (Å²) in [5.74, 6) is 0.296. The van der Waals surface area contributed by atoms with E-state index < -0.39 is 11.1 Å². The van der Waals surface area contributed by atoms with Gasteiger partial charge in [0.1, 0.15) is 5.54 Å². The molecule has 0 spiro atoms. The van der Waals surface area contributed by atoms with Crippen molar-refractivity contribution in [2.24, 2.45) is 0 Å². The van der Waals surface area contributed by atoms with E-state index in [4.69, 9.17) is 4.74 Å². The van der Waals surface area contributed by atoms with Crippen molar-refractivity contribution in [2.75, 3.05) is 26.3 Å². The fourth-order valence-corrected chi connectivity index (χ4v) is 5.02. The Labute approximate surface area is 196 Å². The monoisotopic (exact) mass is 498 g/mol. The zero-order valence-electron chi connectivity index (χ0n) is 17.9. The van der Waals surface area contributed by atoms with Crippen LogP contribution in [-0.4, -0.2) is 53.7 Å². The number of carbonyl (C=O) groups excluding carboxylic acids is 2. The van der Waals surface area contributed by atoms with Crippen molar-refractivity contribution in [3.8, 4) is 0 Å². The minimum Gasteiger partial charge on any atom is -0.393 e. The molecule has 32 heavy (non-hydrogen) atoms. The molecule has 1 aliphatic carbocycles. The number of hydrogen-bond donors (Lipinski definition) is 2. The fourth-order valence-electron chi connectivity index (χ4n) is 4.75. The van der Waals surface area contributed by atoms with Crippen molar-refractivity contribution in [2.45, 2.75) is 42.7 Å². The van der Waals surface area contributed by atoms with Gasteiger partial charge in [-0.05, 0) is 67.0 Å². The van der Waals surface area contributed by atoms with E-state index in [1.54, 1.807) is 4.90 Å². The quantitative estimate of drug-likeness (QED) is 0.640. The summed E-state index contributed by atoms with van der Waals surface area (Å²) in [6.45, 7) is 0.835. The Morgan fingerprint density at radius 2 is 1.78 bits per heavy atom. The Hall–Kier alpha value is -2.22. The molecule has 0 radical (unpaired) electrons. The molecule has 7 heteroatoms. The van der Waals surface area contributed by atoms with E-state index in [-0.39, 0.29) is 18.4 Å². The maximum atomic E-state index is 13.2. The molecule has 1 atom stereocenters. The molecule has 2 heterocycles. The summed E-state index contributed by atoms with van der Waals surface area (Å²) in [6, 6.07) is 15.7. The van der Waals surface area contributed by atoms with E-state index in [0.717, 1.165) is 16.5 Å². The second kappa shape index (κ2) is 8.28. The molecule has 2 saturated heterocycles. The van der Waals surface area contributed by atoms with Gasteiger partial charge in [0.05, 0.1) is 19.7 Å². The SMILES string of the molecule is O=C(c1ccc(C2CC2)cc1)N1CC(NC(=O)C2(CO)CCCO2)(c2ccc(Br)cc2)C1. The lowest BCUT2D eigenvalue weighted by atomic mass is 9.80. The van der Waals surface area contributed by atoms with Crippen LogP contribution in [0.2, 0.25) is 0 Å². The molecule has 6 nitrogen and oxygen atoms in total. The highest BCUT2D eigenvalue weighted by Gasteiger charge is 2.52. The minimum absolute atomic E-state index is 0.0386. The summed E-state index contributed by atoms with van der Waals surface area (Å²) in [5, 5.41) is 13.0. The predicted molar refractivity (Wildman–Crippen MR) is 123 cm³/mol. The standard InChI is InChI=1S/C25H27BrN2O4/c26-21-10-8-20(9-11-21)24(27-23(31)25(16-29)12-1-13-32-25)14-28(15-24)22(30)19-6-4-18(5-7-19)17-2-3-17/h4-11,17,29H,1-3,12-16H2,(H,27,31). The zero-order chi connectivity index (χ0) is 22.3. The molecule has 3 fully saturated rings. The van der Waals surface area contributed by atoms with Gasteiger partial charge >= 0.3 is 0 Å². The van der Waals surface area contributed by atoms with Crippen molar-refractivity contribution in [3.05, 3.63) is 69.7 Å². The second-order valence-electron chi connectivity index (χ2n) is 9.21. The van der Waals surface area contributed by atoms with Gasteiger partial charge in [0.2, 0.25) is 0 Å². The van der Waals surface area contributed by atoms with E-state index >= 15 is 0 Å². The molecule has 2 aliphatic heterocycles. The first-order valence-electron chi connectivity index (χ1n) is 11.2. The number of nitrogens with zero attached hydrogens (tertiary/aromatic N) is 1. The largest absolute Gasteiger partial charge is 0.393 e. The molecule has 2 amide bonds. The Bertz CT molecular complexity index is 1010. The molecule has 2 N–H and O–H groups in total. The third-order valence-electron chi connectivity index (χ3n) is 6.94. The Morgan fingerprint density at radius 3 is 2.34 bits per heavy atom. The molecular formula is C25H27BrN2O4. The van der Waals surface area contributed by atoms with Crippen LogP contribution in [0.4, 0.5) is 0 Å². The first-order valence-corrected chi connectivity index (χ1v) is 12.0. The summed E-state index contributed by atoms with van der Waals surface area (Å²) >= 11 is 3.46. The van der Waals surface area contributed by atoms with Crippen LogP contribution in [0, 0.1) is 0 Å². The molecule has 5 rings (SSSR count). The highest BCUT2D eigenvalue weighted by atomic mass is 79.9. The average Bonchev–Trinajstić information content (AvgIpc) is 3.52. The van der Waals surface area contributed by atoms with Gasteiger partial charge in [-0.3, -0.25) is 9.59 Å². The lowest BCUT2D eigenvalue weighted by Crippen LogP contribution is -2.71. The number of aliphatic hydroxyl groups excluding tert-OH is 1. The van der Waals surface area contributed by atoms with Crippen LogP contribution in [0.3, 0.4) is 0 Å². The number of aliphatic hydroxyl groups is 1. The van der Waals surface area contributed by atoms with Crippen LogP contribution < -0.4 is 5.32 Å². The Morgan fingerprint density at radius 1 is 1.09 bits per heavy atom. The molecule has 2 aromatic rings. The summed E-state index contributed by atoms with van der Waals surface area (Å²) < 4.78 is 6.59. The van der Waals surface area contributed by atoms with Crippen LogP contribution in [-0.2, 0) is 15.1 Å². The van der Waals surface area contributed by atoms with E-state index in [9.17, 15) is 14.7 Å². The average molecular weight is 499 g/mol. The van der Waals surface area contributed by atoms with Crippen molar-refractivity contribution in [1.82, 2.24) is 10.2 Å². The first-order chi connectivity index (χ1) is 15.4. The van der Waals surface area contributed by atoms with Gasteiger partial charge in [-0.2, -0.15) is 0 Å². The molecule has 1 unspecified atom stereocenters. The van der Waals surface area contributed by atoms with Crippen LogP contribution in [0.5, 0.6) is 0 Å². The molecule has 0 aromatic heterocycles. The van der Waals surface area contributed by atoms with Gasteiger partial charge in [-0.15, -0.1) is 0 Å². The van der Waals surface area contributed by atoms with Crippen molar-refractivity contribution >= 4 is 27.7 Å². The van der Waals surface area contributed by atoms with E-state index in [1.165, 1.54) is 18.4 Å². The van der Waals surface area contributed by atoms with Crippen LogP contribution >= 0.6 is 15.9 Å². The maximum absolute atomic E-state index is 13.2. The normalized spacial score (nSPS) is 24.1. The van der Waals surface area contributed by atoms with E-state index in [0.29, 0.717) is 37.6 Å². The number of likely N-dealkylation sites (tertiary alicyclic amines) is 1. The third kappa shape index (κ3) is 3.87. The maximum Gasteiger partial charge on any atom is 0.255 e. The van der Waals surface area contributed by atoms with Gasteiger partial charge in [0, 0.05) is 16.6 Å². The molecule has 1 saturated carbocycles. The number of rotatable bonds is 6. The van der Waals surface area contributed by atoms with Gasteiger partial charge in [0.25, 0.3) is 11.8 Å². The topological polar surface area (TPSA) is 78.9 Å². The first kappa shape index (κ1) is 21.6. The number of amides is 2. The lowest BCUT2D eigenvalue weighted by molar-refractivity contribution is -0.150. The second-order valence-corrected chi connectivity index (χ2v) is 10.1. The van der Waals surface area contributed by atoms with E-state index in [2.05, 4.69) is 33.4 Å². The summed E-state index contributed by atoms with van der Waals surface area (Å²) in [4.78, 5) is 28.1. The van der Waals surface area contributed by atoms with Gasteiger partial charge in [-0.1, -0.05) is 40.2 Å². The van der Waals surface area contributed by atoms with Crippen molar-refractivity contribution < 1.29 is 19.4 Å². The van der Waals surface area contributed by atoms with Crippen molar-refractivity contribution in [3.63, 3.8) is 0 Å². The highest BCUT2D eigenvalue weighted by molar-refractivity contribution is 9.10. The summed E-state index contributed by atoms with van der Waals surface area (Å²) in [7, 11) is 0. The number of ether oxygens (including phenoxy) is 1. The zero-order valence-corrected chi connectivity index (χ0v) is 19.4. The van der Waals surface area contributed by atoms with Gasteiger partial charge in [-0.25, -0.2) is 0 Å². The molecule has 0 bridgehead atoms. The van der Waals surface area contributed by atoms with Crippen LogP contribution in [0.25, 0.3) is 0 Å². The Balaban J connectivity index is 1.35. The predicted octanol–water partition coefficient (Wildman–Crippen LogP) is 3.34. The number of halogens is 1. The molecule has 2 aromatic carbocycles. The van der Waals surface area contributed by atoms with Crippen LogP contribution in [0.15, 0.2) is 53.0 Å². The summed E-state index contributed by atoms with van der Waals surface area (Å²) in [6.07, 6.45) is 3.68. The van der Waals surface area contributed by atoms with Gasteiger partial charge in [0.15, 0.2) is 5.60 Å². The molecule has 168 valence electrons. The fraction of sp³-hybridized carbons (Fsp3) is 0.440. The number of hydrogen-bond acceptors (Lipinski definition) is 4.